The van der Waals surface area contributed by atoms with E-state index in [1.807, 2.05) is 0 Å². The van der Waals surface area contributed by atoms with Gasteiger partial charge < -0.3 is 4.74 Å². The molecule has 0 aromatic carbocycles. The highest BCUT2D eigenvalue weighted by atomic mass is 16.5. The van der Waals surface area contributed by atoms with Crippen LogP contribution in [0, 0.1) is 17.8 Å². The van der Waals surface area contributed by atoms with Gasteiger partial charge in [0.15, 0.2) is 0 Å². The van der Waals surface area contributed by atoms with Crippen molar-refractivity contribution in [3.63, 3.8) is 0 Å². The van der Waals surface area contributed by atoms with Gasteiger partial charge in [0.1, 0.15) is 6.10 Å². The van der Waals surface area contributed by atoms with Gasteiger partial charge in [-0.25, -0.2) is 0 Å². The van der Waals surface area contributed by atoms with Crippen LogP contribution in [0.2, 0.25) is 0 Å². The van der Waals surface area contributed by atoms with Crippen LogP contribution in [-0.2, 0) is 9.53 Å². The van der Waals surface area contributed by atoms with Crippen molar-refractivity contribution in [2.24, 2.45) is 17.8 Å². The second-order valence-electron chi connectivity index (χ2n) is 13.0. The molecule has 0 aliphatic carbocycles. The van der Waals surface area contributed by atoms with Crippen LogP contribution in [0.1, 0.15) is 189 Å². The summed E-state index contributed by atoms with van der Waals surface area (Å²) in [6.07, 6.45) is 29.1. The number of ether oxygens (including phenoxy) is 1. The SMILES string of the molecule is CC(C)CCCCCCCCCC(CCCCCCCCCC(C)C)OC(=O)CCCCCC(C)C. The number of carbonyl (C=O) groups excluding carboxylic acids is 1. The number of carbonyl (C=O) groups is 1. The molecule has 0 unspecified atom stereocenters. The molecule has 0 N–H and O–H groups in total. The lowest BCUT2D eigenvalue weighted by Gasteiger charge is -2.18. The first kappa shape index (κ1) is 35.5. The third-order valence-electron chi connectivity index (χ3n) is 7.58. The van der Waals surface area contributed by atoms with Crippen LogP contribution < -0.4 is 0 Å². The van der Waals surface area contributed by atoms with Crippen molar-refractivity contribution in [1.29, 1.82) is 0 Å². The van der Waals surface area contributed by atoms with Crippen molar-refractivity contribution < 1.29 is 9.53 Å². The number of hydrogen-bond acceptors (Lipinski definition) is 2. The van der Waals surface area contributed by atoms with E-state index in [-0.39, 0.29) is 12.1 Å². The molecule has 2 nitrogen and oxygen atoms in total. The summed E-state index contributed by atoms with van der Waals surface area (Å²) < 4.78 is 6.00. The predicted octanol–water partition coefficient (Wildman–Crippen LogP) is 11.8. The molecule has 2 heteroatoms. The first-order chi connectivity index (χ1) is 17.3. The minimum Gasteiger partial charge on any atom is -0.462 e. The van der Waals surface area contributed by atoms with E-state index in [2.05, 4.69) is 41.5 Å². The van der Waals surface area contributed by atoms with Crippen molar-refractivity contribution >= 4 is 5.97 Å². The second kappa shape index (κ2) is 26.1. The summed E-state index contributed by atoms with van der Waals surface area (Å²) in [4.78, 5) is 12.5. The van der Waals surface area contributed by atoms with Gasteiger partial charge in [-0.3, -0.25) is 4.79 Å². The van der Waals surface area contributed by atoms with Gasteiger partial charge in [-0.1, -0.05) is 151 Å². The van der Waals surface area contributed by atoms with E-state index in [0.717, 1.165) is 43.4 Å². The van der Waals surface area contributed by atoms with Crippen LogP contribution in [-0.4, -0.2) is 12.1 Å². The molecule has 0 fully saturated rings. The number of hydrogen-bond donors (Lipinski definition) is 0. The number of esters is 1. The predicted molar refractivity (Wildman–Crippen MR) is 161 cm³/mol. The molecule has 0 bridgehead atoms. The van der Waals surface area contributed by atoms with Gasteiger partial charge in [-0.2, -0.15) is 0 Å². The molecule has 0 aliphatic heterocycles. The average molecular weight is 509 g/mol. The highest BCUT2D eigenvalue weighted by Gasteiger charge is 2.14. The van der Waals surface area contributed by atoms with E-state index >= 15 is 0 Å². The molecular formula is C34H68O2. The molecular weight excluding hydrogens is 440 g/mol. The van der Waals surface area contributed by atoms with Gasteiger partial charge in [0.2, 0.25) is 0 Å². The Labute approximate surface area is 228 Å². The number of rotatable bonds is 27. The van der Waals surface area contributed by atoms with Crippen molar-refractivity contribution in [2.75, 3.05) is 0 Å². The zero-order chi connectivity index (χ0) is 26.9. The molecule has 0 atom stereocenters. The largest absolute Gasteiger partial charge is 0.462 e. The Kier molecular flexibility index (Phi) is 25.7. The third-order valence-corrected chi connectivity index (χ3v) is 7.58. The summed E-state index contributed by atoms with van der Waals surface area (Å²) in [6, 6.07) is 0. The standard InChI is InChI=1S/C34H68O2/c1-30(2)24-18-13-9-7-11-15-21-27-33(36-34(35)29-23-17-20-26-32(5)6)28-22-16-12-8-10-14-19-25-31(3)4/h30-33H,7-29H2,1-6H3. The Balaban J connectivity index is 4.08. The average Bonchev–Trinajstić information content (AvgIpc) is 2.80. The Hall–Kier alpha value is -0.530. The second-order valence-corrected chi connectivity index (χ2v) is 13.0. The topological polar surface area (TPSA) is 26.3 Å². The monoisotopic (exact) mass is 509 g/mol. The van der Waals surface area contributed by atoms with E-state index in [1.165, 1.54) is 116 Å². The van der Waals surface area contributed by atoms with Crippen molar-refractivity contribution in [2.45, 2.75) is 195 Å². The van der Waals surface area contributed by atoms with E-state index < -0.39 is 0 Å². The fourth-order valence-corrected chi connectivity index (χ4v) is 5.12. The van der Waals surface area contributed by atoms with Gasteiger partial charge in [0, 0.05) is 6.42 Å². The quantitative estimate of drug-likeness (QED) is 0.0814. The van der Waals surface area contributed by atoms with Gasteiger partial charge in [0.25, 0.3) is 0 Å². The van der Waals surface area contributed by atoms with Crippen LogP contribution in [0.3, 0.4) is 0 Å². The van der Waals surface area contributed by atoms with E-state index in [4.69, 9.17) is 4.74 Å². The maximum absolute atomic E-state index is 12.5. The lowest BCUT2D eigenvalue weighted by molar-refractivity contribution is -0.150. The molecule has 0 radical (unpaired) electrons. The summed E-state index contributed by atoms with van der Waals surface area (Å²) in [5.74, 6) is 2.51. The maximum Gasteiger partial charge on any atom is 0.306 e. The normalized spacial score (nSPS) is 11.9. The summed E-state index contributed by atoms with van der Waals surface area (Å²) >= 11 is 0. The van der Waals surface area contributed by atoms with Crippen LogP contribution >= 0.6 is 0 Å². The molecule has 216 valence electrons. The Morgan fingerprint density at radius 2 is 0.694 bits per heavy atom. The minimum atomic E-state index is 0.0554. The zero-order valence-electron chi connectivity index (χ0n) is 25.9. The van der Waals surface area contributed by atoms with E-state index in [0.29, 0.717) is 6.42 Å². The lowest BCUT2D eigenvalue weighted by Crippen LogP contribution is -2.18. The molecule has 0 saturated carbocycles. The fourth-order valence-electron chi connectivity index (χ4n) is 5.12. The van der Waals surface area contributed by atoms with Gasteiger partial charge in [-0.15, -0.1) is 0 Å². The van der Waals surface area contributed by atoms with Crippen molar-refractivity contribution in [3.05, 3.63) is 0 Å². The van der Waals surface area contributed by atoms with E-state index in [9.17, 15) is 4.79 Å². The molecule has 0 heterocycles. The Bertz CT molecular complexity index is 428. The summed E-state index contributed by atoms with van der Waals surface area (Å²) in [5, 5.41) is 0. The lowest BCUT2D eigenvalue weighted by atomic mass is 10.00. The fraction of sp³-hybridized carbons (Fsp3) is 0.971. The van der Waals surface area contributed by atoms with Crippen molar-refractivity contribution in [1.82, 2.24) is 0 Å². The molecule has 0 aliphatic rings. The molecule has 36 heavy (non-hydrogen) atoms. The van der Waals surface area contributed by atoms with Crippen molar-refractivity contribution in [3.8, 4) is 0 Å². The Morgan fingerprint density at radius 3 is 1.03 bits per heavy atom. The highest BCUT2D eigenvalue weighted by molar-refractivity contribution is 5.69. The van der Waals surface area contributed by atoms with Gasteiger partial charge >= 0.3 is 5.97 Å². The van der Waals surface area contributed by atoms with Crippen LogP contribution in [0.15, 0.2) is 0 Å². The van der Waals surface area contributed by atoms with Crippen LogP contribution in [0.5, 0.6) is 0 Å². The molecule has 0 spiro atoms. The molecule has 0 rings (SSSR count). The van der Waals surface area contributed by atoms with Gasteiger partial charge in [0.05, 0.1) is 0 Å². The smallest absolute Gasteiger partial charge is 0.306 e. The summed E-state index contributed by atoms with van der Waals surface area (Å²) in [5.41, 5.74) is 0. The van der Waals surface area contributed by atoms with Crippen LogP contribution in [0.4, 0.5) is 0 Å². The first-order valence-electron chi connectivity index (χ1n) is 16.5. The Morgan fingerprint density at radius 1 is 0.417 bits per heavy atom. The number of unbranched alkanes of at least 4 members (excludes halogenated alkanes) is 14. The van der Waals surface area contributed by atoms with Crippen LogP contribution in [0.25, 0.3) is 0 Å². The molecule has 0 amide bonds. The minimum absolute atomic E-state index is 0.0554. The summed E-state index contributed by atoms with van der Waals surface area (Å²) in [7, 11) is 0. The third kappa shape index (κ3) is 28.0. The highest BCUT2D eigenvalue weighted by Crippen LogP contribution is 2.19. The first-order valence-corrected chi connectivity index (χ1v) is 16.5. The van der Waals surface area contributed by atoms with E-state index in [1.54, 1.807) is 0 Å². The zero-order valence-corrected chi connectivity index (χ0v) is 25.9. The molecule has 0 aromatic rings. The molecule has 0 aromatic heterocycles. The van der Waals surface area contributed by atoms with Gasteiger partial charge in [-0.05, 0) is 49.9 Å². The molecule has 0 saturated heterocycles. The summed E-state index contributed by atoms with van der Waals surface area (Å²) in [6.45, 7) is 13.9. The maximum atomic E-state index is 12.5.